The molecule has 1 aromatic heterocycles. The van der Waals surface area contributed by atoms with Crippen molar-refractivity contribution in [3.05, 3.63) is 29.5 Å². The molecule has 0 aliphatic carbocycles. The lowest BCUT2D eigenvalue weighted by molar-refractivity contribution is 0.0699. The van der Waals surface area contributed by atoms with Gasteiger partial charge >= 0.3 is 5.97 Å². The first-order chi connectivity index (χ1) is 9.15. The Balaban J connectivity index is 2.28. The summed E-state index contributed by atoms with van der Waals surface area (Å²) in [5.74, 6) is -0.225. The molecular formula is C14H17NO4. The van der Waals surface area contributed by atoms with Crippen LogP contribution in [-0.2, 0) is 4.74 Å². The molecule has 1 aromatic carbocycles. The molecule has 5 nitrogen and oxygen atoms in total. The summed E-state index contributed by atoms with van der Waals surface area (Å²) in [5.41, 5.74) is 1.92. The summed E-state index contributed by atoms with van der Waals surface area (Å²) in [6.07, 6.45) is 2.31. The molecule has 5 heteroatoms. The third kappa shape index (κ3) is 2.71. The molecule has 1 heterocycles. The predicted octanol–water partition coefficient (Wildman–Crippen LogP) is 2.59. The molecule has 0 bridgehead atoms. The summed E-state index contributed by atoms with van der Waals surface area (Å²) in [5, 5.41) is 9.86. The zero-order valence-electron chi connectivity index (χ0n) is 11.0. The molecule has 0 saturated carbocycles. The Bertz CT molecular complexity index is 588. The minimum absolute atomic E-state index is 0.273. The molecule has 2 N–H and O–H groups in total. The number of rotatable bonds is 6. The number of carboxylic acid groups (broad SMARTS) is 1. The van der Waals surface area contributed by atoms with Crippen molar-refractivity contribution >= 4 is 16.9 Å². The first kappa shape index (κ1) is 13.4. The zero-order chi connectivity index (χ0) is 13.8. The zero-order valence-corrected chi connectivity index (χ0v) is 11.0. The van der Waals surface area contributed by atoms with Gasteiger partial charge in [-0.2, -0.15) is 0 Å². The highest BCUT2D eigenvalue weighted by atomic mass is 16.5. The molecule has 2 rings (SSSR count). The van der Waals surface area contributed by atoms with Gasteiger partial charge in [-0.05, 0) is 19.1 Å². The van der Waals surface area contributed by atoms with Gasteiger partial charge in [-0.15, -0.1) is 0 Å². The lowest BCUT2D eigenvalue weighted by Gasteiger charge is -2.10. The average Bonchev–Trinajstić information content (AvgIpc) is 2.82. The van der Waals surface area contributed by atoms with Gasteiger partial charge in [0.1, 0.15) is 5.75 Å². The molecular weight excluding hydrogens is 246 g/mol. The van der Waals surface area contributed by atoms with Crippen molar-refractivity contribution in [1.82, 2.24) is 4.98 Å². The van der Waals surface area contributed by atoms with E-state index in [1.54, 1.807) is 7.11 Å². The van der Waals surface area contributed by atoms with Gasteiger partial charge < -0.3 is 19.6 Å². The monoisotopic (exact) mass is 263 g/mol. The number of aromatic nitrogens is 1. The Labute approximate surface area is 111 Å². The fourth-order valence-corrected chi connectivity index (χ4v) is 2.09. The second kappa shape index (κ2) is 5.75. The number of aromatic amines is 1. The van der Waals surface area contributed by atoms with E-state index in [4.69, 9.17) is 14.6 Å². The number of benzene rings is 1. The molecule has 0 amide bonds. The number of H-pyrrole nitrogens is 1. The SMILES string of the molecule is COCCCOc1ccc2[nH]cc(C(=O)O)c2c1C. The second-order valence-corrected chi connectivity index (χ2v) is 4.31. The van der Waals surface area contributed by atoms with Crippen LogP contribution in [0.5, 0.6) is 5.75 Å². The van der Waals surface area contributed by atoms with E-state index >= 15 is 0 Å². The summed E-state index contributed by atoms with van der Waals surface area (Å²) in [6.45, 7) is 3.06. The van der Waals surface area contributed by atoms with Crippen molar-refractivity contribution in [2.24, 2.45) is 0 Å². The topological polar surface area (TPSA) is 71.5 Å². The third-order valence-electron chi connectivity index (χ3n) is 3.04. The highest BCUT2D eigenvalue weighted by Gasteiger charge is 2.15. The second-order valence-electron chi connectivity index (χ2n) is 4.31. The van der Waals surface area contributed by atoms with E-state index in [9.17, 15) is 4.79 Å². The Kier molecular flexibility index (Phi) is 4.06. The minimum Gasteiger partial charge on any atom is -0.493 e. The highest BCUT2D eigenvalue weighted by molar-refractivity contribution is 6.05. The van der Waals surface area contributed by atoms with Crippen molar-refractivity contribution in [3.8, 4) is 5.75 Å². The maximum atomic E-state index is 11.2. The highest BCUT2D eigenvalue weighted by Crippen LogP contribution is 2.29. The first-order valence-corrected chi connectivity index (χ1v) is 6.11. The Morgan fingerprint density at radius 2 is 2.16 bits per heavy atom. The van der Waals surface area contributed by atoms with E-state index < -0.39 is 5.97 Å². The third-order valence-corrected chi connectivity index (χ3v) is 3.04. The summed E-state index contributed by atoms with van der Waals surface area (Å²) >= 11 is 0. The standard InChI is InChI=1S/C14H17NO4/c1-9-12(19-7-3-6-18-2)5-4-11-13(9)10(8-15-11)14(16)17/h4-5,8,15H,3,6-7H2,1-2H3,(H,16,17). The van der Waals surface area contributed by atoms with Crippen molar-refractivity contribution < 1.29 is 19.4 Å². The summed E-state index contributed by atoms with van der Waals surface area (Å²) in [7, 11) is 1.65. The van der Waals surface area contributed by atoms with Crippen molar-refractivity contribution in [1.29, 1.82) is 0 Å². The largest absolute Gasteiger partial charge is 0.493 e. The normalized spacial score (nSPS) is 10.8. The van der Waals surface area contributed by atoms with Crippen molar-refractivity contribution in [3.63, 3.8) is 0 Å². The predicted molar refractivity (Wildman–Crippen MR) is 72.0 cm³/mol. The van der Waals surface area contributed by atoms with Crippen LogP contribution in [0.4, 0.5) is 0 Å². The molecule has 0 atom stereocenters. The number of hydrogen-bond acceptors (Lipinski definition) is 3. The van der Waals surface area contributed by atoms with Gasteiger partial charge in [0.05, 0.1) is 12.2 Å². The molecule has 0 unspecified atom stereocenters. The van der Waals surface area contributed by atoms with Crippen LogP contribution in [0.2, 0.25) is 0 Å². The fraction of sp³-hybridized carbons (Fsp3) is 0.357. The van der Waals surface area contributed by atoms with E-state index in [2.05, 4.69) is 4.98 Å². The van der Waals surface area contributed by atoms with Gasteiger partial charge in [0.15, 0.2) is 0 Å². The van der Waals surface area contributed by atoms with E-state index in [-0.39, 0.29) is 5.56 Å². The van der Waals surface area contributed by atoms with E-state index in [1.165, 1.54) is 6.20 Å². The Hall–Kier alpha value is -2.01. The Morgan fingerprint density at radius 3 is 2.84 bits per heavy atom. The van der Waals surface area contributed by atoms with Gasteiger partial charge in [0.25, 0.3) is 0 Å². The molecule has 0 saturated heterocycles. The number of methoxy groups -OCH3 is 1. The molecule has 19 heavy (non-hydrogen) atoms. The number of aryl methyl sites for hydroxylation is 1. The van der Waals surface area contributed by atoms with Gasteiger partial charge in [-0.1, -0.05) is 0 Å². The molecule has 0 fully saturated rings. The number of carbonyl (C=O) groups is 1. The fourth-order valence-electron chi connectivity index (χ4n) is 2.09. The summed E-state index contributed by atoms with van der Waals surface area (Å²) in [6, 6.07) is 3.69. The van der Waals surface area contributed by atoms with Crippen LogP contribution in [0.3, 0.4) is 0 Å². The summed E-state index contributed by atoms with van der Waals surface area (Å²) < 4.78 is 10.6. The average molecular weight is 263 g/mol. The molecule has 0 aliphatic heterocycles. The number of aromatic carboxylic acids is 1. The van der Waals surface area contributed by atoms with Crippen LogP contribution in [0.1, 0.15) is 22.3 Å². The number of ether oxygens (including phenoxy) is 2. The van der Waals surface area contributed by atoms with Crippen LogP contribution < -0.4 is 4.74 Å². The smallest absolute Gasteiger partial charge is 0.337 e. The van der Waals surface area contributed by atoms with E-state index in [0.717, 1.165) is 17.5 Å². The quantitative estimate of drug-likeness (QED) is 0.786. The molecule has 0 aliphatic rings. The number of carboxylic acids is 1. The van der Waals surface area contributed by atoms with Crippen LogP contribution in [0.15, 0.2) is 18.3 Å². The lowest BCUT2D eigenvalue weighted by atomic mass is 10.1. The van der Waals surface area contributed by atoms with Gasteiger partial charge in [-0.25, -0.2) is 4.79 Å². The van der Waals surface area contributed by atoms with Crippen molar-refractivity contribution in [2.75, 3.05) is 20.3 Å². The van der Waals surface area contributed by atoms with Crippen LogP contribution in [0.25, 0.3) is 10.9 Å². The van der Waals surface area contributed by atoms with Crippen molar-refractivity contribution in [2.45, 2.75) is 13.3 Å². The van der Waals surface area contributed by atoms with Gasteiger partial charge in [0.2, 0.25) is 0 Å². The molecule has 0 radical (unpaired) electrons. The first-order valence-electron chi connectivity index (χ1n) is 6.11. The van der Waals surface area contributed by atoms with Crippen LogP contribution in [-0.4, -0.2) is 36.4 Å². The molecule has 2 aromatic rings. The minimum atomic E-state index is -0.939. The maximum absolute atomic E-state index is 11.2. The van der Waals surface area contributed by atoms with Gasteiger partial charge in [0, 0.05) is 42.8 Å². The summed E-state index contributed by atoms with van der Waals surface area (Å²) in [4.78, 5) is 14.1. The molecule has 102 valence electrons. The number of nitrogens with one attached hydrogen (secondary N) is 1. The van der Waals surface area contributed by atoms with E-state index in [1.807, 2.05) is 19.1 Å². The Morgan fingerprint density at radius 1 is 1.37 bits per heavy atom. The van der Waals surface area contributed by atoms with Crippen LogP contribution in [0, 0.1) is 6.92 Å². The number of hydrogen-bond donors (Lipinski definition) is 2. The van der Waals surface area contributed by atoms with E-state index in [0.29, 0.717) is 24.3 Å². The maximum Gasteiger partial charge on any atom is 0.337 e. The number of fused-ring (bicyclic) bond motifs is 1. The lowest BCUT2D eigenvalue weighted by Crippen LogP contribution is -2.03. The molecule has 0 spiro atoms. The van der Waals surface area contributed by atoms with Gasteiger partial charge in [-0.3, -0.25) is 0 Å². The van der Waals surface area contributed by atoms with Crippen LogP contribution >= 0.6 is 0 Å².